The normalized spacial score (nSPS) is 12.4. The molecule has 0 saturated heterocycles. The Morgan fingerprint density at radius 1 is 0.732 bits per heavy atom. The molecule has 0 saturated carbocycles. The maximum Gasteiger partial charge on any atom is 0.347 e. The Morgan fingerprint density at radius 3 is 2.05 bits per heavy atom. The Balaban J connectivity index is 1.41. The standard InChI is InChI=1S/C36H44O5/c1-4-6-7-8-9-10-11-12-15-24-39-34-32(23-22-31-30-17-14-13-16-27(30)25-33(31)34)36(38)41-29-20-18-28(19-21-29)40-35(37)26(3)5-2/h13-14,16-23,26H,4-12,15,24-25H2,1-3H3. The number of rotatable bonds is 16. The zero-order valence-electron chi connectivity index (χ0n) is 24.9. The molecule has 0 spiro atoms. The quantitative estimate of drug-likeness (QED) is 0.0781. The van der Waals surface area contributed by atoms with E-state index in [0.29, 0.717) is 35.8 Å². The van der Waals surface area contributed by atoms with Gasteiger partial charge in [-0.2, -0.15) is 0 Å². The zero-order chi connectivity index (χ0) is 29.0. The average Bonchev–Trinajstić information content (AvgIpc) is 3.37. The number of hydrogen-bond donors (Lipinski definition) is 0. The van der Waals surface area contributed by atoms with Crippen molar-refractivity contribution in [1.82, 2.24) is 0 Å². The van der Waals surface area contributed by atoms with E-state index in [0.717, 1.165) is 30.4 Å². The van der Waals surface area contributed by atoms with Crippen LogP contribution >= 0.6 is 0 Å². The second-order valence-electron chi connectivity index (χ2n) is 11.1. The number of unbranched alkanes of at least 4 members (excludes halogenated alkanes) is 8. The van der Waals surface area contributed by atoms with Crippen LogP contribution in [0.2, 0.25) is 0 Å². The molecule has 5 nitrogen and oxygen atoms in total. The second-order valence-corrected chi connectivity index (χ2v) is 11.1. The van der Waals surface area contributed by atoms with Gasteiger partial charge in [-0.05, 0) is 59.9 Å². The van der Waals surface area contributed by atoms with Gasteiger partial charge in [-0.25, -0.2) is 4.79 Å². The predicted molar refractivity (Wildman–Crippen MR) is 164 cm³/mol. The molecule has 0 amide bonds. The Morgan fingerprint density at radius 2 is 1.37 bits per heavy atom. The largest absolute Gasteiger partial charge is 0.492 e. The van der Waals surface area contributed by atoms with Crippen molar-refractivity contribution in [3.8, 4) is 28.4 Å². The minimum absolute atomic E-state index is 0.174. The summed E-state index contributed by atoms with van der Waals surface area (Å²) in [5, 5.41) is 0. The van der Waals surface area contributed by atoms with Crippen LogP contribution in [0.15, 0.2) is 60.7 Å². The lowest BCUT2D eigenvalue weighted by Crippen LogP contribution is -2.17. The molecule has 4 rings (SSSR count). The summed E-state index contributed by atoms with van der Waals surface area (Å²) < 4.78 is 17.5. The summed E-state index contributed by atoms with van der Waals surface area (Å²) in [5.41, 5.74) is 5.02. The molecule has 1 atom stereocenters. The Hall–Kier alpha value is -3.60. The van der Waals surface area contributed by atoms with E-state index in [9.17, 15) is 9.59 Å². The number of benzene rings is 3. The maximum absolute atomic E-state index is 13.4. The Bertz CT molecular complexity index is 1290. The van der Waals surface area contributed by atoms with Gasteiger partial charge in [0.15, 0.2) is 0 Å². The highest BCUT2D eigenvalue weighted by molar-refractivity contribution is 5.97. The molecule has 0 N–H and O–H groups in total. The van der Waals surface area contributed by atoms with E-state index in [4.69, 9.17) is 14.2 Å². The average molecular weight is 557 g/mol. The van der Waals surface area contributed by atoms with Gasteiger partial charge in [0.05, 0.1) is 12.5 Å². The van der Waals surface area contributed by atoms with Crippen molar-refractivity contribution in [2.75, 3.05) is 6.61 Å². The summed E-state index contributed by atoms with van der Waals surface area (Å²) in [6, 6.07) is 18.7. The number of hydrogen-bond acceptors (Lipinski definition) is 5. The summed E-state index contributed by atoms with van der Waals surface area (Å²) >= 11 is 0. The second kappa shape index (κ2) is 15.4. The van der Waals surface area contributed by atoms with Crippen LogP contribution in [0.1, 0.15) is 106 Å². The first-order valence-corrected chi connectivity index (χ1v) is 15.4. The topological polar surface area (TPSA) is 61.8 Å². The zero-order valence-corrected chi connectivity index (χ0v) is 24.9. The fourth-order valence-electron chi connectivity index (χ4n) is 5.22. The smallest absolute Gasteiger partial charge is 0.347 e. The van der Waals surface area contributed by atoms with Crippen molar-refractivity contribution >= 4 is 11.9 Å². The van der Waals surface area contributed by atoms with E-state index < -0.39 is 5.97 Å². The van der Waals surface area contributed by atoms with Crippen LogP contribution < -0.4 is 14.2 Å². The van der Waals surface area contributed by atoms with Crippen LogP contribution in [-0.4, -0.2) is 18.5 Å². The highest BCUT2D eigenvalue weighted by Gasteiger charge is 2.27. The van der Waals surface area contributed by atoms with Gasteiger partial charge < -0.3 is 14.2 Å². The summed E-state index contributed by atoms with van der Waals surface area (Å²) in [7, 11) is 0. The van der Waals surface area contributed by atoms with Crippen molar-refractivity contribution in [3.63, 3.8) is 0 Å². The maximum atomic E-state index is 13.4. The Kier molecular flexibility index (Phi) is 11.4. The minimum Gasteiger partial charge on any atom is -0.492 e. The van der Waals surface area contributed by atoms with Gasteiger partial charge in [0.2, 0.25) is 0 Å². The molecule has 0 bridgehead atoms. The predicted octanol–water partition coefficient (Wildman–Crippen LogP) is 9.34. The van der Waals surface area contributed by atoms with Gasteiger partial charge in [-0.3, -0.25) is 4.79 Å². The van der Waals surface area contributed by atoms with Gasteiger partial charge >= 0.3 is 11.9 Å². The van der Waals surface area contributed by atoms with Crippen molar-refractivity contribution in [3.05, 3.63) is 77.4 Å². The summed E-state index contributed by atoms with van der Waals surface area (Å²) in [4.78, 5) is 25.5. The summed E-state index contributed by atoms with van der Waals surface area (Å²) in [6.45, 7) is 6.60. The number of fused-ring (bicyclic) bond motifs is 3. The SMILES string of the molecule is CCCCCCCCCCCOc1c(C(=O)Oc2ccc(OC(=O)C(C)CC)cc2)ccc2c1Cc1ccccc1-2. The Labute approximate surface area is 245 Å². The van der Waals surface area contributed by atoms with Crippen LogP contribution in [0.5, 0.6) is 17.2 Å². The van der Waals surface area contributed by atoms with Crippen molar-refractivity contribution in [2.45, 2.75) is 91.4 Å². The molecule has 0 heterocycles. The monoisotopic (exact) mass is 556 g/mol. The van der Waals surface area contributed by atoms with Gasteiger partial charge in [0.1, 0.15) is 22.8 Å². The van der Waals surface area contributed by atoms with E-state index in [1.165, 1.54) is 56.1 Å². The molecule has 41 heavy (non-hydrogen) atoms. The first-order valence-electron chi connectivity index (χ1n) is 15.4. The summed E-state index contributed by atoms with van der Waals surface area (Å²) in [6.07, 6.45) is 12.6. The highest BCUT2D eigenvalue weighted by Crippen LogP contribution is 2.43. The van der Waals surface area contributed by atoms with Crippen molar-refractivity contribution in [2.24, 2.45) is 5.92 Å². The molecule has 3 aromatic rings. The van der Waals surface area contributed by atoms with Crippen LogP contribution in [0.3, 0.4) is 0 Å². The van der Waals surface area contributed by atoms with Crippen LogP contribution in [-0.2, 0) is 11.2 Å². The van der Waals surface area contributed by atoms with Crippen molar-refractivity contribution < 1.29 is 23.8 Å². The molecule has 0 aromatic heterocycles. The van der Waals surface area contributed by atoms with E-state index in [-0.39, 0.29) is 11.9 Å². The van der Waals surface area contributed by atoms with Crippen LogP contribution in [0.4, 0.5) is 0 Å². The van der Waals surface area contributed by atoms with E-state index in [1.807, 2.05) is 38.1 Å². The molecule has 0 aliphatic heterocycles. The fourth-order valence-corrected chi connectivity index (χ4v) is 5.22. The molecule has 5 heteroatoms. The summed E-state index contributed by atoms with van der Waals surface area (Å²) in [5.74, 6) is 0.525. The molecule has 1 unspecified atom stereocenters. The lowest BCUT2D eigenvalue weighted by atomic mass is 10.0. The third kappa shape index (κ3) is 8.22. The molecular formula is C36H44O5. The minimum atomic E-state index is -0.463. The van der Waals surface area contributed by atoms with E-state index >= 15 is 0 Å². The molecule has 3 aromatic carbocycles. The van der Waals surface area contributed by atoms with E-state index in [1.54, 1.807) is 24.3 Å². The molecule has 1 aliphatic rings. The fraction of sp³-hybridized carbons (Fsp3) is 0.444. The highest BCUT2D eigenvalue weighted by atomic mass is 16.5. The number of carbonyl (C=O) groups is 2. The van der Waals surface area contributed by atoms with Crippen LogP contribution in [0, 0.1) is 5.92 Å². The van der Waals surface area contributed by atoms with Gasteiger partial charge in [-0.15, -0.1) is 0 Å². The lowest BCUT2D eigenvalue weighted by molar-refractivity contribution is -0.138. The lowest BCUT2D eigenvalue weighted by Gasteiger charge is -2.16. The van der Waals surface area contributed by atoms with Crippen molar-refractivity contribution in [1.29, 1.82) is 0 Å². The third-order valence-corrected chi connectivity index (χ3v) is 7.92. The van der Waals surface area contributed by atoms with Crippen LogP contribution in [0.25, 0.3) is 11.1 Å². The molecule has 0 fully saturated rings. The number of ether oxygens (including phenoxy) is 3. The first-order chi connectivity index (χ1) is 20.0. The molecular weight excluding hydrogens is 512 g/mol. The first kappa shape index (κ1) is 30.4. The molecule has 1 aliphatic carbocycles. The van der Waals surface area contributed by atoms with Gasteiger partial charge in [-0.1, -0.05) is 102 Å². The molecule has 0 radical (unpaired) electrons. The number of esters is 2. The van der Waals surface area contributed by atoms with Gasteiger partial charge in [0.25, 0.3) is 0 Å². The number of carbonyl (C=O) groups excluding carboxylic acids is 2. The third-order valence-electron chi connectivity index (χ3n) is 7.92. The van der Waals surface area contributed by atoms with E-state index in [2.05, 4.69) is 19.1 Å². The molecule has 218 valence electrons. The van der Waals surface area contributed by atoms with Gasteiger partial charge in [0, 0.05) is 12.0 Å².